The van der Waals surface area contributed by atoms with Crippen molar-refractivity contribution < 1.29 is 23.9 Å². The van der Waals surface area contributed by atoms with E-state index < -0.39 is 11.9 Å². The maximum atomic E-state index is 12.6. The molecular formula is C18H22N4O5S. The monoisotopic (exact) mass is 406 g/mol. The van der Waals surface area contributed by atoms with Crippen LogP contribution < -0.4 is 5.73 Å². The van der Waals surface area contributed by atoms with Gasteiger partial charge in [0.25, 0.3) is 0 Å². The summed E-state index contributed by atoms with van der Waals surface area (Å²) < 4.78 is 9.86. The van der Waals surface area contributed by atoms with Gasteiger partial charge >= 0.3 is 11.9 Å². The largest absolute Gasteiger partial charge is 0.462 e. The molecule has 0 atom stereocenters. The van der Waals surface area contributed by atoms with E-state index in [0.717, 1.165) is 11.8 Å². The van der Waals surface area contributed by atoms with Crippen molar-refractivity contribution in [3.05, 3.63) is 34.3 Å². The zero-order valence-corrected chi connectivity index (χ0v) is 16.9. The molecule has 0 bridgehead atoms. The fourth-order valence-corrected chi connectivity index (χ4v) is 3.29. The van der Waals surface area contributed by atoms with Gasteiger partial charge in [-0.1, -0.05) is 11.8 Å². The third-order valence-corrected chi connectivity index (χ3v) is 4.68. The molecule has 10 heteroatoms. The van der Waals surface area contributed by atoms with Gasteiger partial charge in [0.1, 0.15) is 17.1 Å². The van der Waals surface area contributed by atoms with E-state index in [4.69, 9.17) is 15.2 Å². The average Bonchev–Trinajstić information content (AvgIpc) is 2.94. The number of nitrogens with two attached hydrogens (primary N) is 1. The van der Waals surface area contributed by atoms with Gasteiger partial charge in [-0.05, 0) is 33.3 Å². The molecule has 9 nitrogen and oxygen atoms in total. The molecule has 0 aliphatic heterocycles. The SMILES string of the molecule is CCOC(=O)c1cnc(SCC(=O)c2c(C)[nH]c(C(=O)OCC)c2C)nc1N. The van der Waals surface area contributed by atoms with Crippen molar-refractivity contribution in [1.82, 2.24) is 15.0 Å². The number of esters is 2. The Bertz CT molecular complexity index is 910. The molecule has 0 unspecified atom stereocenters. The fraction of sp³-hybridized carbons (Fsp3) is 0.389. The molecule has 0 saturated carbocycles. The first-order chi connectivity index (χ1) is 13.3. The number of ketones is 1. The number of aryl methyl sites for hydroxylation is 1. The van der Waals surface area contributed by atoms with Crippen LogP contribution in [0.4, 0.5) is 5.82 Å². The van der Waals surface area contributed by atoms with E-state index in [9.17, 15) is 14.4 Å². The van der Waals surface area contributed by atoms with Crippen LogP contribution in [0.1, 0.15) is 56.3 Å². The number of anilines is 1. The second-order valence-corrected chi connectivity index (χ2v) is 6.67. The smallest absolute Gasteiger partial charge is 0.355 e. The van der Waals surface area contributed by atoms with Gasteiger partial charge in [-0.3, -0.25) is 4.79 Å². The Morgan fingerprint density at radius 1 is 1.14 bits per heavy atom. The van der Waals surface area contributed by atoms with E-state index in [-0.39, 0.29) is 47.0 Å². The number of hydrogen-bond acceptors (Lipinski definition) is 9. The molecule has 0 aliphatic rings. The number of rotatable bonds is 8. The van der Waals surface area contributed by atoms with Crippen molar-refractivity contribution in [3.63, 3.8) is 0 Å². The van der Waals surface area contributed by atoms with Gasteiger partial charge in [-0.15, -0.1) is 0 Å². The molecule has 0 fully saturated rings. The van der Waals surface area contributed by atoms with E-state index in [2.05, 4.69) is 15.0 Å². The third-order valence-electron chi connectivity index (χ3n) is 3.82. The number of aromatic amines is 1. The van der Waals surface area contributed by atoms with Crippen molar-refractivity contribution in [1.29, 1.82) is 0 Å². The van der Waals surface area contributed by atoms with Gasteiger partial charge in [0.05, 0.1) is 19.0 Å². The summed E-state index contributed by atoms with van der Waals surface area (Å²) in [7, 11) is 0. The molecule has 28 heavy (non-hydrogen) atoms. The highest BCUT2D eigenvalue weighted by Crippen LogP contribution is 2.23. The van der Waals surface area contributed by atoms with Crippen LogP contribution in [0, 0.1) is 13.8 Å². The maximum Gasteiger partial charge on any atom is 0.355 e. The highest BCUT2D eigenvalue weighted by atomic mass is 32.2. The van der Waals surface area contributed by atoms with Gasteiger partial charge in [-0.2, -0.15) is 0 Å². The molecule has 0 saturated heterocycles. The number of Topliss-reactive ketones (excluding diaryl/α,β-unsaturated/α-hetero) is 1. The molecule has 0 aliphatic carbocycles. The summed E-state index contributed by atoms with van der Waals surface area (Å²) in [5.74, 6) is -1.26. The molecule has 2 heterocycles. The normalized spacial score (nSPS) is 10.6. The minimum Gasteiger partial charge on any atom is -0.462 e. The minimum absolute atomic E-state index is 0.0120. The molecule has 3 N–H and O–H groups in total. The van der Waals surface area contributed by atoms with E-state index in [1.165, 1.54) is 6.20 Å². The quantitative estimate of drug-likeness (QED) is 0.293. The Labute approximate surface area is 166 Å². The van der Waals surface area contributed by atoms with E-state index >= 15 is 0 Å². The maximum absolute atomic E-state index is 12.6. The Balaban J connectivity index is 2.11. The van der Waals surface area contributed by atoms with Gasteiger partial charge in [0, 0.05) is 17.5 Å². The minimum atomic E-state index is -0.599. The Kier molecular flexibility index (Phi) is 7.16. The molecule has 0 spiro atoms. The first-order valence-corrected chi connectivity index (χ1v) is 9.60. The number of nitrogens with one attached hydrogen (secondary N) is 1. The van der Waals surface area contributed by atoms with Crippen molar-refractivity contribution >= 4 is 35.3 Å². The number of carbonyl (C=O) groups is 3. The van der Waals surface area contributed by atoms with Crippen molar-refractivity contribution in [3.8, 4) is 0 Å². The Morgan fingerprint density at radius 3 is 2.39 bits per heavy atom. The zero-order chi connectivity index (χ0) is 20.8. The van der Waals surface area contributed by atoms with E-state index in [0.29, 0.717) is 16.8 Å². The highest BCUT2D eigenvalue weighted by molar-refractivity contribution is 7.99. The third kappa shape index (κ3) is 4.69. The van der Waals surface area contributed by atoms with Crippen LogP contribution in [0.3, 0.4) is 0 Å². The van der Waals surface area contributed by atoms with E-state index in [1.54, 1.807) is 27.7 Å². The molecular weight excluding hydrogens is 384 g/mol. The van der Waals surface area contributed by atoms with Crippen LogP contribution in [0.2, 0.25) is 0 Å². The Hall–Kier alpha value is -2.88. The van der Waals surface area contributed by atoms with Crippen LogP contribution in [-0.2, 0) is 9.47 Å². The highest BCUT2D eigenvalue weighted by Gasteiger charge is 2.23. The molecule has 2 aromatic rings. The first kappa shape index (κ1) is 21.4. The van der Waals surface area contributed by atoms with Gasteiger partial charge in [-0.25, -0.2) is 19.6 Å². The van der Waals surface area contributed by atoms with Crippen LogP contribution in [0.25, 0.3) is 0 Å². The average molecular weight is 406 g/mol. The van der Waals surface area contributed by atoms with Crippen molar-refractivity contribution in [2.24, 2.45) is 0 Å². The number of carbonyl (C=O) groups excluding carboxylic acids is 3. The lowest BCUT2D eigenvalue weighted by molar-refractivity contribution is 0.0512. The van der Waals surface area contributed by atoms with Crippen LogP contribution in [0.5, 0.6) is 0 Å². The molecule has 0 radical (unpaired) electrons. The lowest BCUT2D eigenvalue weighted by Crippen LogP contribution is -2.11. The van der Waals surface area contributed by atoms with Crippen molar-refractivity contribution in [2.45, 2.75) is 32.9 Å². The molecule has 2 aromatic heterocycles. The van der Waals surface area contributed by atoms with Gasteiger partial charge in [0.15, 0.2) is 10.9 Å². The molecule has 2 rings (SSSR count). The second-order valence-electron chi connectivity index (χ2n) is 5.73. The summed E-state index contributed by atoms with van der Waals surface area (Å²) in [6, 6.07) is 0. The summed E-state index contributed by atoms with van der Waals surface area (Å²) in [6.45, 7) is 7.27. The molecule has 0 amide bonds. The topological polar surface area (TPSA) is 137 Å². The van der Waals surface area contributed by atoms with Crippen LogP contribution >= 0.6 is 11.8 Å². The second kappa shape index (κ2) is 9.36. The number of nitrogens with zero attached hydrogens (tertiary/aromatic N) is 2. The summed E-state index contributed by atoms with van der Waals surface area (Å²) >= 11 is 1.08. The number of hydrogen-bond donors (Lipinski definition) is 2. The standard InChI is InChI=1S/C18H22N4O5S/c1-5-26-16(24)11-7-20-18(22-15(11)19)28-8-12(23)13-9(3)14(21-10(13)4)17(25)27-6-2/h7,21H,5-6,8H2,1-4H3,(H2,19,20,22). The summed E-state index contributed by atoms with van der Waals surface area (Å²) in [5.41, 5.74) is 7.69. The summed E-state index contributed by atoms with van der Waals surface area (Å²) in [4.78, 5) is 47.3. The first-order valence-electron chi connectivity index (χ1n) is 8.61. The fourth-order valence-electron chi connectivity index (χ4n) is 2.59. The van der Waals surface area contributed by atoms with Crippen molar-refractivity contribution in [2.75, 3.05) is 24.7 Å². The predicted molar refractivity (Wildman–Crippen MR) is 104 cm³/mol. The van der Waals surface area contributed by atoms with E-state index in [1.807, 2.05) is 0 Å². The molecule has 0 aromatic carbocycles. The predicted octanol–water partition coefficient (Wildman–Crippen LogP) is 2.33. The number of ether oxygens (including phenoxy) is 2. The lowest BCUT2D eigenvalue weighted by Gasteiger charge is -2.06. The number of H-pyrrole nitrogens is 1. The Morgan fingerprint density at radius 2 is 1.79 bits per heavy atom. The molecule has 150 valence electrons. The van der Waals surface area contributed by atoms with Gasteiger partial charge < -0.3 is 20.2 Å². The van der Waals surface area contributed by atoms with Gasteiger partial charge in [0.2, 0.25) is 0 Å². The number of aromatic nitrogens is 3. The number of nitrogen functional groups attached to an aromatic ring is 1. The summed E-state index contributed by atoms with van der Waals surface area (Å²) in [5, 5.41) is 0.260. The zero-order valence-electron chi connectivity index (χ0n) is 16.1. The van der Waals surface area contributed by atoms with Crippen LogP contribution in [0.15, 0.2) is 11.4 Å². The lowest BCUT2D eigenvalue weighted by atomic mass is 10.1. The van der Waals surface area contributed by atoms with Crippen LogP contribution in [-0.4, -0.2) is 51.6 Å². The number of thioether (sulfide) groups is 1. The summed E-state index contributed by atoms with van der Waals surface area (Å²) in [6.07, 6.45) is 1.28.